The highest BCUT2D eigenvalue weighted by molar-refractivity contribution is 8.13. The third kappa shape index (κ3) is 3.85. The van der Waals surface area contributed by atoms with Crippen LogP contribution in [0.3, 0.4) is 0 Å². The van der Waals surface area contributed by atoms with Crippen LogP contribution in [-0.4, -0.2) is 20.9 Å². The highest BCUT2D eigenvalue weighted by atomic mass is 32.2. The number of aromatic nitrogens is 2. The van der Waals surface area contributed by atoms with Crippen LogP contribution in [0.15, 0.2) is 47.6 Å². The van der Waals surface area contributed by atoms with Gasteiger partial charge in [-0.1, -0.05) is 30.0 Å². The molecule has 0 aliphatic rings. The smallest absolute Gasteiger partial charge is 0.193 e. The fourth-order valence-corrected chi connectivity index (χ4v) is 2.06. The predicted octanol–water partition coefficient (Wildman–Crippen LogP) is 1.31. The van der Waals surface area contributed by atoms with Crippen LogP contribution in [0.5, 0.6) is 0 Å². The number of thioether (sulfide) groups is 1. The number of nitrogens with zero attached hydrogens (tertiary/aromatic N) is 3. The number of para-hydroxylation sites is 1. The second kappa shape index (κ2) is 6.05. The minimum atomic E-state index is -0.104. The Morgan fingerprint density at radius 3 is 2.68 bits per heavy atom. The first-order valence-corrected chi connectivity index (χ1v) is 6.54. The Morgan fingerprint density at radius 2 is 2.00 bits per heavy atom. The molecule has 5 N–H and O–H groups in total. The molecule has 0 spiro atoms. The number of guanidine groups is 1. The summed E-state index contributed by atoms with van der Waals surface area (Å²) in [4.78, 5) is 3.64. The number of hydrogen-bond acceptors (Lipinski definition) is 3. The Morgan fingerprint density at radius 1 is 1.26 bits per heavy atom. The maximum absolute atomic E-state index is 7.52. The van der Waals surface area contributed by atoms with Crippen molar-refractivity contribution >= 4 is 22.9 Å². The quantitative estimate of drug-likeness (QED) is 0.579. The van der Waals surface area contributed by atoms with Gasteiger partial charge in [-0.3, -0.25) is 5.41 Å². The first kappa shape index (κ1) is 13.2. The van der Waals surface area contributed by atoms with Gasteiger partial charge in [0.15, 0.2) is 11.1 Å². The van der Waals surface area contributed by atoms with Gasteiger partial charge in [-0.15, -0.1) is 0 Å². The number of nitrogens with two attached hydrogens (primary N) is 2. The summed E-state index contributed by atoms with van der Waals surface area (Å²) in [7, 11) is 0. The van der Waals surface area contributed by atoms with Crippen molar-refractivity contribution in [1.82, 2.24) is 9.78 Å². The zero-order valence-corrected chi connectivity index (χ0v) is 11.0. The normalized spacial score (nSPS) is 10.1. The van der Waals surface area contributed by atoms with Crippen LogP contribution in [0.2, 0.25) is 0 Å². The second-order valence-electron chi connectivity index (χ2n) is 3.72. The van der Waals surface area contributed by atoms with Crippen LogP contribution in [0.25, 0.3) is 5.69 Å². The van der Waals surface area contributed by atoms with Gasteiger partial charge >= 0.3 is 0 Å². The second-order valence-corrected chi connectivity index (χ2v) is 4.68. The van der Waals surface area contributed by atoms with E-state index in [0.717, 1.165) is 11.4 Å². The van der Waals surface area contributed by atoms with E-state index in [0.29, 0.717) is 5.75 Å². The van der Waals surface area contributed by atoms with E-state index in [-0.39, 0.29) is 11.1 Å². The summed E-state index contributed by atoms with van der Waals surface area (Å²) in [6, 6.07) is 11.7. The van der Waals surface area contributed by atoms with Crippen LogP contribution >= 0.6 is 11.8 Å². The molecule has 0 amide bonds. The van der Waals surface area contributed by atoms with Crippen molar-refractivity contribution in [3.63, 3.8) is 0 Å². The molecule has 0 aliphatic heterocycles. The van der Waals surface area contributed by atoms with E-state index >= 15 is 0 Å². The molecule has 1 heterocycles. The molecule has 0 fully saturated rings. The van der Waals surface area contributed by atoms with Crippen molar-refractivity contribution in [1.29, 1.82) is 5.41 Å². The van der Waals surface area contributed by atoms with Crippen LogP contribution in [0.1, 0.15) is 5.69 Å². The molecule has 0 radical (unpaired) electrons. The number of nitrogens with one attached hydrogen (secondary N) is 1. The van der Waals surface area contributed by atoms with Gasteiger partial charge in [0.2, 0.25) is 0 Å². The number of rotatable bonds is 3. The molecule has 0 unspecified atom stereocenters. The highest BCUT2D eigenvalue weighted by Crippen LogP contribution is 2.13. The van der Waals surface area contributed by atoms with Crippen molar-refractivity contribution in [2.45, 2.75) is 5.75 Å². The lowest BCUT2D eigenvalue weighted by Gasteiger charge is -2.00. The summed E-state index contributed by atoms with van der Waals surface area (Å²) >= 11 is 1.23. The summed E-state index contributed by atoms with van der Waals surface area (Å²) in [6.07, 6.45) is 1.88. The molecule has 2 aromatic rings. The van der Waals surface area contributed by atoms with Crippen molar-refractivity contribution in [3.05, 3.63) is 48.3 Å². The fraction of sp³-hybridized carbons (Fsp3) is 0.0833. The van der Waals surface area contributed by atoms with Crippen LogP contribution in [0, 0.1) is 5.41 Å². The largest absolute Gasteiger partial charge is 0.370 e. The van der Waals surface area contributed by atoms with Gasteiger partial charge in [-0.2, -0.15) is 10.1 Å². The average molecular weight is 274 g/mol. The van der Waals surface area contributed by atoms with Gasteiger partial charge in [-0.05, 0) is 18.2 Å². The summed E-state index contributed by atoms with van der Waals surface area (Å²) in [5.74, 6) is 0.447. The highest BCUT2D eigenvalue weighted by Gasteiger charge is 2.03. The molecule has 6 nitrogen and oxygen atoms in total. The predicted molar refractivity (Wildman–Crippen MR) is 78.4 cm³/mol. The molecule has 1 aromatic heterocycles. The molecule has 19 heavy (non-hydrogen) atoms. The van der Waals surface area contributed by atoms with E-state index in [1.165, 1.54) is 11.8 Å². The summed E-state index contributed by atoms with van der Waals surface area (Å²) in [5, 5.41) is 12.0. The van der Waals surface area contributed by atoms with E-state index in [9.17, 15) is 0 Å². The summed E-state index contributed by atoms with van der Waals surface area (Å²) < 4.78 is 1.79. The number of benzene rings is 1. The average Bonchev–Trinajstić information content (AvgIpc) is 2.85. The van der Waals surface area contributed by atoms with Crippen molar-refractivity contribution in [2.24, 2.45) is 16.5 Å². The molecular weight excluding hydrogens is 260 g/mol. The molecule has 0 atom stereocenters. The molecule has 0 aliphatic carbocycles. The zero-order valence-electron chi connectivity index (χ0n) is 10.2. The molecule has 0 saturated carbocycles. The number of hydrogen-bond donors (Lipinski definition) is 3. The van der Waals surface area contributed by atoms with Gasteiger partial charge in [0, 0.05) is 11.9 Å². The van der Waals surface area contributed by atoms with E-state index in [1.807, 2.05) is 42.6 Å². The third-order valence-corrected chi connectivity index (χ3v) is 3.06. The Kier molecular flexibility index (Phi) is 4.19. The number of amidine groups is 1. The Bertz CT molecular complexity index is 585. The van der Waals surface area contributed by atoms with E-state index in [1.54, 1.807) is 4.68 Å². The van der Waals surface area contributed by atoms with Gasteiger partial charge in [-0.25, -0.2) is 4.68 Å². The third-order valence-electron chi connectivity index (χ3n) is 2.25. The van der Waals surface area contributed by atoms with Gasteiger partial charge in [0.05, 0.1) is 11.4 Å². The van der Waals surface area contributed by atoms with E-state index in [2.05, 4.69) is 10.1 Å². The molecule has 1 aromatic carbocycles. The lowest BCUT2D eigenvalue weighted by atomic mass is 10.3. The van der Waals surface area contributed by atoms with Crippen molar-refractivity contribution in [3.8, 4) is 5.69 Å². The topological polar surface area (TPSA) is 106 Å². The molecule has 2 rings (SSSR count). The lowest BCUT2D eigenvalue weighted by molar-refractivity contribution is 0.860. The standard InChI is InChI=1S/C12H14N6S/c13-11(14)16-12(15)19-8-9-6-7-18(17-9)10-4-2-1-3-5-10/h1-7H,8H2,(H5,13,14,15,16). The monoisotopic (exact) mass is 274 g/mol. The maximum atomic E-state index is 7.52. The maximum Gasteiger partial charge on any atom is 0.193 e. The van der Waals surface area contributed by atoms with E-state index < -0.39 is 0 Å². The molecule has 0 bridgehead atoms. The SMILES string of the molecule is N=C(N=C(N)N)SCc1ccn(-c2ccccc2)n1. The first-order chi connectivity index (χ1) is 9.15. The Labute approximate surface area is 115 Å². The first-order valence-electron chi connectivity index (χ1n) is 5.56. The van der Waals surface area contributed by atoms with Crippen molar-refractivity contribution in [2.75, 3.05) is 0 Å². The van der Waals surface area contributed by atoms with Crippen LogP contribution in [-0.2, 0) is 5.75 Å². The Hall–Kier alpha value is -2.28. The summed E-state index contributed by atoms with van der Waals surface area (Å²) in [5.41, 5.74) is 12.3. The van der Waals surface area contributed by atoms with E-state index in [4.69, 9.17) is 16.9 Å². The fourth-order valence-electron chi connectivity index (χ4n) is 1.46. The van der Waals surface area contributed by atoms with Gasteiger partial charge in [0.25, 0.3) is 0 Å². The summed E-state index contributed by atoms with van der Waals surface area (Å²) in [6.45, 7) is 0. The lowest BCUT2D eigenvalue weighted by Crippen LogP contribution is -2.23. The minimum absolute atomic E-state index is 0.0780. The van der Waals surface area contributed by atoms with Crippen molar-refractivity contribution < 1.29 is 0 Å². The Balaban J connectivity index is 1.99. The molecule has 98 valence electrons. The molecular formula is C12H14N6S. The van der Waals surface area contributed by atoms with Crippen LogP contribution in [0.4, 0.5) is 0 Å². The zero-order chi connectivity index (χ0) is 13.7. The van der Waals surface area contributed by atoms with Gasteiger partial charge < -0.3 is 11.5 Å². The molecule has 7 heteroatoms. The number of aliphatic imine (C=N–C) groups is 1. The minimum Gasteiger partial charge on any atom is -0.370 e. The van der Waals surface area contributed by atoms with Crippen LogP contribution < -0.4 is 11.5 Å². The van der Waals surface area contributed by atoms with Gasteiger partial charge in [0.1, 0.15) is 0 Å². The molecule has 0 saturated heterocycles.